The first-order chi connectivity index (χ1) is 9.13. The lowest BCUT2D eigenvalue weighted by atomic mass is 10.1. The van der Waals surface area contributed by atoms with Crippen LogP contribution in [-0.2, 0) is 13.0 Å². The highest BCUT2D eigenvalue weighted by atomic mass is 79.9. The molecular weight excluding hydrogens is 320 g/mol. The number of hydrogen-bond acceptors (Lipinski definition) is 3. The van der Waals surface area contributed by atoms with Crippen molar-refractivity contribution in [2.75, 3.05) is 19.3 Å². The van der Waals surface area contributed by atoms with E-state index in [2.05, 4.69) is 51.5 Å². The number of halogens is 1. The van der Waals surface area contributed by atoms with Gasteiger partial charge in [0.05, 0.1) is 0 Å². The predicted molar refractivity (Wildman–Crippen MR) is 87.5 cm³/mol. The van der Waals surface area contributed by atoms with Gasteiger partial charge in [0.2, 0.25) is 0 Å². The molecule has 2 N–H and O–H groups in total. The lowest BCUT2D eigenvalue weighted by Crippen LogP contribution is -2.18. The van der Waals surface area contributed by atoms with E-state index in [0.717, 1.165) is 31.6 Å². The van der Waals surface area contributed by atoms with Gasteiger partial charge >= 0.3 is 0 Å². The molecule has 19 heavy (non-hydrogen) atoms. The van der Waals surface area contributed by atoms with Crippen LogP contribution in [0.25, 0.3) is 0 Å². The van der Waals surface area contributed by atoms with Crippen LogP contribution in [0.5, 0.6) is 0 Å². The van der Waals surface area contributed by atoms with Gasteiger partial charge in [0.1, 0.15) is 0 Å². The fourth-order valence-electron chi connectivity index (χ4n) is 2.08. The Labute approximate surface area is 127 Å². The monoisotopic (exact) mass is 338 g/mol. The summed E-state index contributed by atoms with van der Waals surface area (Å²) in [5.74, 6) is 0. The summed E-state index contributed by atoms with van der Waals surface area (Å²) in [5.41, 5.74) is 7.96. The number of aryl methyl sites for hydroxylation is 1. The van der Waals surface area contributed by atoms with Gasteiger partial charge in [-0.25, -0.2) is 0 Å². The highest BCUT2D eigenvalue weighted by Crippen LogP contribution is 2.20. The Morgan fingerprint density at radius 3 is 2.84 bits per heavy atom. The van der Waals surface area contributed by atoms with Crippen molar-refractivity contribution < 1.29 is 0 Å². The zero-order valence-corrected chi connectivity index (χ0v) is 13.5. The number of nitrogens with zero attached hydrogens (tertiary/aromatic N) is 1. The minimum Gasteiger partial charge on any atom is -0.399 e. The van der Waals surface area contributed by atoms with E-state index in [1.165, 1.54) is 14.9 Å². The van der Waals surface area contributed by atoms with E-state index in [-0.39, 0.29) is 0 Å². The van der Waals surface area contributed by atoms with Gasteiger partial charge in [0.25, 0.3) is 0 Å². The SMILES string of the molecule is CN(CCCc1cccc(N)c1)Cc1cc(Br)cs1. The first-order valence-corrected chi connectivity index (χ1v) is 8.06. The quantitative estimate of drug-likeness (QED) is 0.801. The predicted octanol–water partition coefficient (Wildman–Crippen LogP) is 4.16. The normalized spacial score (nSPS) is 11.1. The van der Waals surface area contributed by atoms with Crippen LogP contribution in [0.3, 0.4) is 0 Å². The summed E-state index contributed by atoms with van der Waals surface area (Å²) in [6.07, 6.45) is 2.25. The van der Waals surface area contributed by atoms with Gasteiger partial charge in [-0.15, -0.1) is 11.3 Å². The molecule has 0 saturated heterocycles. The second-order valence-electron chi connectivity index (χ2n) is 4.82. The van der Waals surface area contributed by atoms with Gasteiger partial charge in [0, 0.05) is 27.0 Å². The maximum atomic E-state index is 5.78. The van der Waals surface area contributed by atoms with Gasteiger partial charge in [-0.05, 0) is 66.1 Å². The molecule has 0 unspecified atom stereocenters. The minimum atomic E-state index is 0.856. The molecule has 0 amide bonds. The van der Waals surface area contributed by atoms with E-state index in [4.69, 9.17) is 5.73 Å². The molecule has 0 radical (unpaired) electrons. The Balaban J connectivity index is 1.73. The molecule has 0 bridgehead atoms. The van der Waals surface area contributed by atoms with E-state index >= 15 is 0 Å². The van der Waals surface area contributed by atoms with Gasteiger partial charge in [0.15, 0.2) is 0 Å². The van der Waals surface area contributed by atoms with Crippen molar-refractivity contribution in [3.05, 3.63) is 50.6 Å². The van der Waals surface area contributed by atoms with Crippen molar-refractivity contribution in [2.24, 2.45) is 0 Å². The minimum absolute atomic E-state index is 0.856. The highest BCUT2D eigenvalue weighted by molar-refractivity contribution is 9.10. The average molecular weight is 339 g/mol. The average Bonchev–Trinajstić information content (AvgIpc) is 2.75. The molecule has 2 aromatic rings. The van der Waals surface area contributed by atoms with E-state index in [9.17, 15) is 0 Å². The van der Waals surface area contributed by atoms with E-state index in [1.54, 1.807) is 11.3 Å². The first-order valence-electron chi connectivity index (χ1n) is 6.39. The van der Waals surface area contributed by atoms with Crippen molar-refractivity contribution >= 4 is 33.0 Å². The third-order valence-corrected chi connectivity index (χ3v) is 4.69. The van der Waals surface area contributed by atoms with Crippen LogP contribution in [0.15, 0.2) is 40.2 Å². The Hall–Kier alpha value is -0.840. The molecule has 0 aliphatic rings. The second kappa shape index (κ2) is 7.08. The highest BCUT2D eigenvalue weighted by Gasteiger charge is 2.03. The zero-order chi connectivity index (χ0) is 13.7. The van der Waals surface area contributed by atoms with Crippen LogP contribution >= 0.6 is 27.3 Å². The molecule has 2 nitrogen and oxygen atoms in total. The maximum Gasteiger partial charge on any atom is 0.0325 e. The van der Waals surface area contributed by atoms with Crippen molar-refractivity contribution in [2.45, 2.75) is 19.4 Å². The van der Waals surface area contributed by atoms with Crippen LogP contribution in [0.1, 0.15) is 16.9 Å². The largest absolute Gasteiger partial charge is 0.399 e. The van der Waals surface area contributed by atoms with Gasteiger partial charge in [-0.2, -0.15) is 0 Å². The molecular formula is C15H19BrN2S. The summed E-state index contributed by atoms with van der Waals surface area (Å²) >= 11 is 5.30. The molecule has 0 atom stereocenters. The van der Waals surface area contributed by atoms with Gasteiger partial charge in [-0.1, -0.05) is 12.1 Å². The van der Waals surface area contributed by atoms with Crippen LogP contribution < -0.4 is 5.73 Å². The number of thiophene rings is 1. The van der Waals surface area contributed by atoms with E-state index in [1.807, 2.05) is 12.1 Å². The lowest BCUT2D eigenvalue weighted by Gasteiger charge is -2.15. The molecule has 1 aromatic carbocycles. The molecule has 0 aliphatic heterocycles. The molecule has 4 heteroatoms. The van der Waals surface area contributed by atoms with Crippen LogP contribution in [0.2, 0.25) is 0 Å². The number of nitrogens with two attached hydrogens (primary N) is 1. The summed E-state index contributed by atoms with van der Waals surface area (Å²) in [5, 5.41) is 2.13. The Bertz CT molecular complexity index is 524. The third kappa shape index (κ3) is 4.97. The zero-order valence-electron chi connectivity index (χ0n) is 11.1. The number of rotatable bonds is 6. The van der Waals surface area contributed by atoms with Crippen LogP contribution in [-0.4, -0.2) is 18.5 Å². The van der Waals surface area contributed by atoms with E-state index in [0.29, 0.717) is 0 Å². The Morgan fingerprint density at radius 2 is 2.16 bits per heavy atom. The molecule has 0 fully saturated rings. The summed E-state index contributed by atoms with van der Waals surface area (Å²) in [6.45, 7) is 2.12. The number of nitrogen functional groups attached to an aromatic ring is 1. The maximum absolute atomic E-state index is 5.78. The summed E-state index contributed by atoms with van der Waals surface area (Å²) in [4.78, 5) is 3.77. The summed E-state index contributed by atoms with van der Waals surface area (Å²) in [7, 11) is 2.17. The van der Waals surface area contributed by atoms with Crippen molar-refractivity contribution in [3.8, 4) is 0 Å². The fraction of sp³-hybridized carbons (Fsp3) is 0.333. The molecule has 102 valence electrons. The van der Waals surface area contributed by atoms with Gasteiger partial charge in [-0.3, -0.25) is 0 Å². The number of benzene rings is 1. The molecule has 0 saturated carbocycles. The fourth-order valence-corrected chi connectivity index (χ4v) is 3.61. The molecule has 1 aromatic heterocycles. The molecule has 1 heterocycles. The molecule has 2 rings (SSSR count). The van der Waals surface area contributed by atoms with Crippen LogP contribution in [0.4, 0.5) is 5.69 Å². The Kier molecular flexibility index (Phi) is 5.43. The van der Waals surface area contributed by atoms with E-state index < -0.39 is 0 Å². The van der Waals surface area contributed by atoms with Crippen LogP contribution in [0, 0.1) is 0 Å². The smallest absolute Gasteiger partial charge is 0.0325 e. The van der Waals surface area contributed by atoms with Crippen molar-refractivity contribution in [1.82, 2.24) is 4.90 Å². The van der Waals surface area contributed by atoms with Crippen molar-refractivity contribution in [1.29, 1.82) is 0 Å². The molecule has 0 spiro atoms. The lowest BCUT2D eigenvalue weighted by molar-refractivity contribution is 0.325. The summed E-state index contributed by atoms with van der Waals surface area (Å²) < 4.78 is 1.18. The Morgan fingerprint density at radius 1 is 1.32 bits per heavy atom. The number of hydrogen-bond donors (Lipinski definition) is 1. The summed E-state index contributed by atoms with van der Waals surface area (Å²) in [6, 6.07) is 10.4. The topological polar surface area (TPSA) is 29.3 Å². The molecule has 0 aliphatic carbocycles. The number of anilines is 1. The first kappa shape index (κ1) is 14.6. The standard InChI is InChI=1S/C15H19BrN2S/c1-18(10-15-9-13(16)11-19-15)7-3-5-12-4-2-6-14(17)8-12/h2,4,6,8-9,11H,3,5,7,10,17H2,1H3. The second-order valence-corrected chi connectivity index (χ2v) is 6.73. The van der Waals surface area contributed by atoms with Gasteiger partial charge < -0.3 is 10.6 Å². The third-order valence-electron chi connectivity index (χ3n) is 3.00. The van der Waals surface area contributed by atoms with Crippen molar-refractivity contribution in [3.63, 3.8) is 0 Å².